The lowest BCUT2D eigenvalue weighted by molar-refractivity contribution is -0.383. The van der Waals surface area contributed by atoms with Crippen molar-refractivity contribution in [1.82, 2.24) is 9.88 Å². The third-order valence-corrected chi connectivity index (χ3v) is 4.31. The predicted octanol–water partition coefficient (Wildman–Crippen LogP) is 4.52. The van der Waals surface area contributed by atoms with E-state index in [4.69, 9.17) is 11.6 Å². The smallest absolute Gasteiger partial charge is 0.279 e. The third kappa shape index (κ3) is 2.74. The summed E-state index contributed by atoms with van der Waals surface area (Å²) in [5, 5.41) is 12.2. The molecule has 0 spiro atoms. The number of aromatic amines is 1. The fourth-order valence-corrected chi connectivity index (χ4v) is 3.28. The van der Waals surface area contributed by atoms with Gasteiger partial charge in [-0.1, -0.05) is 23.7 Å². The van der Waals surface area contributed by atoms with Crippen molar-refractivity contribution in [2.75, 3.05) is 14.1 Å². The maximum atomic E-state index is 13.4. The molecule has 1 heterocycles. The first kappa shape index (κ1) is 16.4. The van der Waals surface area contributed by atoms with E-state index in [1.807, 2.05) is 19.0 Å². The quantitative estimate of drug-likeness (QED) is 0.557. The normalized spacial score (nSPS) is 12.7. The van der Waals surface area contributed by atoms with Gasteiger partial charge in [0.15, 0.2) is 0 Å². The molecule has 3 rings (SSSR count). The summed E-state index contributed by atoms with van der Waals surface area (Å²) in [6.45, 7) is 0. The standard InChI is InChI=1S/C17H15ClFN3O2/c1-21(2)17(11-7-6-10(19)8-13(11)18)12-9-20-14-4-3-5-15(16(12)14)22(23)24/h3-9,17,20H,1-2H3. The molecule has 1 unspecified atom stereocenters. The Morgan fingerprint density at radius 2 is 2.00 bits per heavy atom. The minimum absolute atomic E-state index is 0.0221. The number of hydrogen-bond acceptors (Lipinski definition) is 3. The summed E-state index contributed by atoms with van der Waals surface area (Å²) in [5.41, 5.74) is 2.09. The van der Waals surface area contributed by atoms with Gasteiger partial charge < -0.3 is 4.98 Å². The predicted molar refractivity (Wildman–Crippen MR) is 91.9 cm³/mol. The Morgan fingerprint density at radius 1 is 1.25 bits per heavy atom. The molecule has 1 N–H and O–H groups in total. The summed E-state index contributed by atoms with van der Waals surface area (Å²) in [6.07, 6.45) is 1.74. The van der Waals surface area contributed by atoms with Crippen LogP contribution in [0.25, 0.3) is 10.9 Å². The zero-order valence-electron chi connectivity index (χ0n) is 13.1. The second kappa shape index (κ2) is 6.22. The first-order chi connectivity index (χ1) is 11.4. The fraction of sp³-hybridized carbons (Fsp3) is 0.176. The van der Waals surface area contributed by atoms with E-state index in [1.165, 1.54) is 18.2 Å². The first-order valence-electron chi connectivity index (χ1n) is 7.26. The number of non-ortho nitro benzene ring substituents is 1. The SMILES string of the molecule is CN(C)C(c1ccc(F)cc1Cl)c1c[nH]c2cccc([N+](=O)[O-])c12. The number of halogens is 2. The van der Waals surface area contributed by atoms with Crippen molar-refractivity contribution in [3.63, 3.8) is 0 Å². The molecule has 0 saturated heterocycles. The fourth-order valence-electron chi connectivity index (χ4n) is 3.01. The van der Waals surface area contributed by atoms with Crippen LogP contribution in [0.2, 0.25) is 5.02 Å². The van der Waals surface area contributed by atoms with Crippen LogP contribution in [0, 0.1) is 15.9 Å². The Balaban J connectivity index is 2.27. The van der Waals surface area contributed by atoms with Crippen LogP contribution in [-0.2, 0) is 0 Å². The van der Waals surface area contributed by atoms with Crippen LogP contribution >= 0.6 is 11.6 Å². The van der Waals surface area contributed by atoms with Gasteiger partial charge in [-0.05, 0) is 37.9 Å². The maximum absolute atomic E-state index is 13.4. The molecule has 5 nitrogen and oxygen atoms in total. The number of fused-ring (bicyclic) bond motifs is 1. The topological polar surface area (TPSA) is 62.2 Å². The number of benzene rings is 2. The summed E-state index contributed by atoms with van der Waals surface area (Å²) < 4.78 is 13.4. The lowest BCUT2D eigenvalue weighted by Crippen LogP contribution is -2.21. The van der Waals surface area contributed by atoms with Crippen LogP contribution in [0.5, 0.6) is 0 Å². The molecule has 0 saturated carbocycles. The zero-order chi connectivity index (χ0) is 17.4. The molecule has 0 aliphatic rings. The number of nitro groups is 1. The van der Waals surface area contributed by atoms with E-state index in [0.29, 0.717) is 16.5 Å². The summed E-state index contributed by atoms with van der Waals surface area (Å²) in [7, 11) is 3.69. The van der Waals surface area contributed by atoms with Crippen molar-refractivity contribution in [2.24, 2.45) is 0 Å². The van der Waals surface area contributed by atoms with Crippen LogP contribution in [0.15, 0.2) is 42.6 Å². The van der Waals surface area contributed by atoms with E-state index >= 15 is 0 Å². The lowest BCUT2D eigenvalue weighted by Gasteiger charge is -2.25. The first-order valence-corrected chi connectivity index (χ1v) is 7.63. The summed E-state index contributed by atoms with van der Waals surface area (Å²) >= 11 is 6.23. The van der Waals surface area contributed by atoms with Gasteiger partial charge in [0.2, 0.25) is 0 Å². The Kier molecular flexibility index (Phi) is 4.26. The second-order valence-corrected chi connectivity index (χ2v) is 6.14. The van der Waals surface area contributed by atoms with E-state index in [0.717, 1.165) is 5.56 Å². The highest BCUT2D eigenvalue weighted by molar-refractivity contribution is 6.31. The van der Waals surface area contributed by atoms with Gasteiger partial charge in [0, 0.05) is 22.8 Å². The number of aromatic nitrogens is 1. The van der Waals surface area contributed by atoms with Gasteiger partial charge in [0.1, 0.15) is 5.82 Å². The Morgan fingerprint density at radius 3 is 2.62 bits per heavy atom. The van der Waals surface area contributed by atoms with Crippen molar-refractivity contribution >= 4 is 28.2 Å². The Bertz CT molecular complexity index is 923. The second-order valence-electron chi connectivity index (χ2n) is 5.73. The Hall–Kier alpha value is -2.44. The van der Waals surface area contributed by atoms with Crippen molar-refractivity contribution in [1.29, 1.82) is 0 Å². The molecular weight excluding hydrogens is 333 g/mol. The molecule has 1 atom stereocenters. The molecule has 7 heteroatoms. The molecule has 0 radical (unpaired) electrons. The van der Waals surface area contributed by atoms with E-state index in [1.54, 1.807) is 24.4 Å². The molecule has 0 fully saturated rings. The van der Waals surface area contributed by atoms with E-state index in [-0.39, 0.29) is 16.8 Å². The average Bonchev–Trinajstić information content (AvgIpc) is 2.93. The molecule has 3 aromatic rings. The molecule has 0 aliphatic carbocycles. The van der Waals surface area contributed by atoms with Gasteiger partial charge in [0.05, 0.1) is 21.9 Å². The number of hydrogen-bond donors (Lipinski definition) is 1. The molecule has 0 bridgehead atoms. The van der Waals surface area contributed by atoms with Crippen LogP contribution in [0.4, 0.5) is 10.1 Å². The largest absolute Gasteiger partial charge is 0.361 e. The monoisotopic (exact) mass is 347 g/mol. The van der Waals surface area contributed by atoms with Gasteiger partial charge in [-0.15, -0.1) is 0 Å². The number of nitrogens with one attached hydrogen (secondary N) is 1. The van der Waals surface area contributed by atoms with E-state index in [9.17, 15) is 14.5 Å². The van der Waals surface area contributed by atoms with E-state index < -0.39 is 10.7 Å². The Labute approximate surface area is 142 Å². The van der Waals surface area contributed by atoms with Crippen molar-refractivity contribution in [3.05, 3.63) is 74.7 Å². The summed E-state index contributed by atoms with van der Waals surface area (Å²) in [5.74, 6) is -0.425. The molecule has 1 aromatic heterocycles. The number of H-pyrrole nitrogens is 1. The van der Waals surface area contributed by atoms with Gasteiger partial charge in [-0.2, -0.15) is 0 Å². The van der Waals surface area contributed by atoms with Gasteiger partial charge in [0.25, 0.3) is 5.69 Å². The highest BCUT2D eigenvalue weighted by atomic mass is 35.5. The number of nitro benzene ring substituents is 1. The zero-order valence-corrected chi connectivity index (χ0v) is 13.8. The number of rotatable bonds is 4. The summed E-state index contributed by atoms with van der Waals surface area (Å²) in [4.78, 5) is 16.0. The van der Waals surface area contributed by atoms with Crippen LogP contribution in [0.1, 0.15) is 17.2 Å². The highest BCUT2D eigenvalue weighted by Gasteiger charge is 2.26. The average molecular weight is 348 g/mol. The number of nitrogens with zero attached hydrogens (tertiary/aromatic N) is 2. The van der Waals surface area contributed by atoms with Gasteiger partial charge in [-0.25, -0.2) is 4.39 Å². The van der Waals surface area contributed by atoms with Crippen molar-refractivity contribution < 1.29 is 9.31 Å². The highest BCUT2D eigenvalue weighted by Crippen LogP contribution is 2.39. The van der Waals surface area contributed by atoms with Crippen molar-refractivity contribution in [2.45, 2.75) is 6.04 Å². The molecule has 0 aliphatic heterocycles. The van der Waals surface area contributed by atoms with Crippen LogP contribution in [-0.4, -0.2) is 28.9 Å². The van der Waals surface area contributed by atoms with E-state index in [2.05, 4.69) is 4.98 Å². The molecule has 2 aromatic carbocycles. The molecule has 124 valence electrons. The van der Waals surface area contributed by atoms with Crippen LogP contribution in [0.3, 0.4) is 0 Å². The van der Waals surface area contributed by atoms with Gasteiger partial charge >= 0.3 is 0 Å². The molecular formula is C17H15ClFN3O2. The third-order valence-electron chi connectivity index (χ3n) is 3.98. The molecule has 24 heavy (non-hydrogen) atoms. The van der Waals surface area contributed by atoms with Crippen molar-refractivity contribution in [3.8, 4) is 0 Å². The minimum Gasteiger partial charge on any atom is -0.361 e. The molecule has 0 amide bonds. The minimum atomic E-state index is -0.425. The maximum Gasteiger partial charge on any atom is 0.279 e. The van der Waals surface area contributed by atoms with Crippen LogP contribution < -0.4 is 0 Å². The van der Waals surface area contributed by atoms with Gasteiger partial charge in [-0.3, -0.25) is 15.0 Å². The lowest BCUT2D eigenvalue weighted by atomic mass is 9.96. The summed E-state index contributed by atoms with van der Waals surface area (Å²) in [6, 6.07) is 8.72.